The minimum absolute atomic E-state index is 0.114. The van der Waals surface area contributed by atoms with Crippen LogP contribution in [-0.2, 0) is 4.79 Å². The van der Waals surface area contributed by atoms with Gasteiger partial charge >= 0.3 is 0 Å². The van der Waals surface area contributed by atoms with Gasteiger partial charge in [0.1, 0.15) is 0 Å². The van der Waals surface area contributed by atoms with Gasteiger partial charge in [0.05, 0.1) is 10.2 Å². The standard InChI is InChI=1S/C17H21N3OS/c1-10-3-2-4-14-16(10)20-17(22-14)19-15(21)9-11-7-12-5-6-13(8-11)18-12/h2-4,11-13,18H,5-9H2,1H3,(H,19,20,21). The number of benzene rings is 1. The number of para-hydroxylation sites is 1. The molecule has 2 aliphatic rings. The van der Waals surface area contributed by atoms with E-state index in [4.69, 9.17) is 0 Å². The monoisotopic (exact) mass is 315 g/mol. The van der Waals surface area contributed by atoms with Gasteiger partial charge in [-0.05, 0) is 50.2 Å². The first-order valence-corrected chi connectivity index (χ1v) is 8.91. The number of hydrogen-bond acceptors (Lipinski definition) is 4. The van der Waals surface area contributed by atoms with Crippen molar-refractivity contribution in [2.75, 3.05) is 5.32 Å². The summed E-state index contributed by atoms with van der Waals surface area (Å²) in [5, 5.41) is 7.36. The summed E-state index contributed by atoms with van der Waals surface area (Å²) < 4.78 is 1.13. The second-order valence-electron chi connectivity index (χ2n) is 6.67. The third-order valence-electron chi connectivity index (χ3n) is 4.91. The molecule has 2 saturated heterocycles. The Bertz CT molecular complexity index is 699. The van der Waals surface area contributed by atoms with Crippen LogP contribution < -0.4 is 10.6 Å². The van der Waals surface area contributed by atoms with Gasteiger partial charge in [-0.1, -0.05) is 23.5 Å². The second-order valence-corrected chi connectivity index (χ2v) is 7.70. The third kappa shape index (κ3) is 2.75. The summed E-state index contributed by atoms with van der Waals surface area (Å²) in [7, 11) is 0. The zero-order valence-corrected chi connectivity index (χ0v) is 13.6. The van der Waals surface area contributed by atoms with E-state index in [9.17, 15) is 4.79 Å². The third-order valence-corrected chi connectivity index (χ3v) is 5.85. The number of carbonyl (C=O) groups excluding carboxylic acids is 1. The fourth-order valence-electron chi connectivity index (χ4n) is 3.91. The van der Waals surface area contributed by atoms with E-state index >= 15 is 0 Å². The zero-order chi connectivity index (χ0) is 15.1. The number of amides is 1. The highest BCUT2D eigenvalue weighted by Crippen LogP contribution is 2.33. The molecule has 2 bridgehead atoms. The Hall–Kier alpha value is -1.46. The molecular formula is C17H21N3OS. The SMILES string of the molecule is Cc1cccc2sc(NC(=O)CC3CC4CCC(C3)N4)nc12. The Morgan fingerprint density at radius 2 is 2.14 bits per heavy atom. The van der Waals surface area contributed by atoms with Gasteiger partial charge in [-0.2, -0.15) is 0 Å². The van der Waals surface area contributed by atoms with Crippen molar-refractivity contribution in [1.29, 1.82) is 0 Å². The predicted octanol–water partition coefficient (Wildman–Crippen LogP) is 3.46. The average molecular weight is 315 g/mol. The molecule has 0 aliphatic carbocycles. The van der Waals surface area contributed by atoms with E-state index < -0.39 is 0 Å². The number of piperidine rings is 1. The molecule has 22 heavy (non-hydrogen) atoms. The molecule has 0 radical (unpaired) electrons. The molecule has 2 fully saturated rings. The van der Waals surface area contributed by atoms with Crippen molar-refractivity contribution in [2.24, 2.45) is 5.92 Å². The van der Waals surface area contributed by atoms with Gasteiger partial charge in [0.15, 0.2) is 5.13 Å². The molecule has 0 spiro atoms. The van der Waals surface area contributed by atoms with E-state index in [1.165, 1.54) is 12.8 Å². The molecule has 1 aromatic heterocycles. The molecular weight excluding hydrogens is 294 g/mol. The summed E-state index contributed by atoms with van der Waals surface area (Å²) in [5.41, 5.74) is 2.16. The van der Waals surface area contributed by atoms with Crippen LogP contribution in [0, 0.1) is 12.8 Å². The van der Waals surface area contributed by atoms with Crippen LogP contribution in [0.3, 0.4) is 0 Å². The lowest BCUT2D eigenvalue weighted by atomic mass is 9.89. The van der Waals surface area contributed by atoms with Gasteiger partial charge in [-0.15, -0.1) is 0 Å². The van der Waals surface area contributed by atoms with E-state index in [1.807, 2.05) is 6.07 Å². The number of carbonyl (C=O) groups is 1. The van der Waals surface area contributed by atoms with Crippen molar-refractivity contribution >= 4 is 32.6 Å². The Balaban J connectivity index is 1.41. The van der Waals surface area contributed by atoms with Crippen molar-refractivity contribution in [1.82, 2.24) is 10.3 Å². The van der Waals surface area contributed by atoms with Crippen LogP contribution in [0.25, 0.3) is 10.2 Å². The number of fused-ring (bicyclic) bond motifs is 3. The fourth-order valence-corrected chi connectivity index (χ4v) is 4.87. The number of hydrogen-bond donors (Lipinski definition) is 2. The van der Waals surface area contributed by atoms with Crippen LogP contribution in [0.4, 0.5) is 5.13 Å². The summed E-state index contributed by atoms with van der Waals surface area (Å²) in [6.45, 7) is 2.05. The largest absolute Gasteiger partial charge is 0.311 e. The molecule has 4 nitrogen and oxygen atoms in total. The first-order valence-electron chi connectivity index (χ1n) is 8.09. The van der Waals surface area contributed by atoms with E-state index in [0.29, 0.717) is 24.4 Å². The van der Waals surface area contributed by atoms with Crippen LogP contribution >= 0.6 is 11.3 Å². The van der Waals surface area contributed by atoms with Crippen molar-refractivity contribution in [3.8, 4) is 0 Å². The molecule has 1 aromatic carbocycles. The quantitative estimate of drug-likeness (QED) is 0.912. The van der Waals surface area contributed by atoms with Gasteiger partial charge in [-0.25, -0.2) is 4.98 Å². The zero-order valence-electron chi connectivity index (χ0n) is 12.8. The van der Waals surface area contributed by atoms with Crippen LogP contribution in [-0.4, -0.2) is 23.0 Å². The van der Waals surface area contributed by atoms with Crippen molar-refractivity contribution in [3.63, 3.8) is 0 Å². The molecule has 5 heteroatoms. The minimum Gasteiger partial charge on any atom is -0.311 e. The summed E-state index contributed by atoms with van der Waals surface area (Å²) in [6, 6.07) is 7.42. The highest BCUT2D eigenvalue weighted by molar-refractivity contribution is 7.22. The van der Waals surface area contributed by atoms with Crippen LogP contribution in [0.15, 0.2) is 18.2 Å². The molecule has 2 atom stereocenters. The maximum atomic E-state index is 12.3. The molecule has 1 amide bonds. The van der Waals surface area contributed by atoms with Gasteiger partial charge in [0, 0.05) is 18.5 Å². The number of rotatable bonds is 3. The maximum absolute atomic E-state index is 12.3. The Labute approximate surface area is 134 Å². The highest BCUT2D eigenvalue weighted by atomic mass is 32.1. The summed E-state index contributed by atoms with van der Waals surface area (Å²) in [5.74, 6) is 0.637. The molecule has 2 aliphatic heterocycles. The topological polar surface area (TPSA) is 54.0 Å². The highest BCUT2D eigenvalue weighted by Gasteiger charge is 2.34. The first-order chi connectivity index (χ1) is 10.7. The summed E-state index contributed by atoms with van der Waals surface area (Å²) >= 11 is 1.56. The van der Waals surface area contributed by atoms with Crippen molar-refractivity contribution in [2.45, 2.75) is 51.1 Å². The second kappa shape index (κ2) is 5.63. The molecule has 0 saturated carbocycles. The maximum Gasteiger partial charge on any atom is 0.226 e. The van der Waals surface area contributed by atoms with Gasteiger partial charge in [-0.3, -0.25) is 4.79 Å². The van der Waals surface area contributed by atoms with Crippen LogP contribution in [0.2, 0.25) is 0 Å². The minimum atomic E-state index is 0.114. The summed E-state index contributed by atoms with van der Waals surface area (Å²) in [4.78, 5) is 16.9. The van der Waals surface area contributed by atoms with E-state index in [2.05, 4.69) is 34.7 Å². The lowest BCUT2D eigenvalue weighted by molar-refractivity contribution is -0.117. The van der Waals surface area contributed by atoms with Gasteiger partial charge in [0.2, 0.25) is 5.91 Å². The molecule has 2 aromatic rings. The van der Waals surface area contributed by atoms with E-state index in [1.54, 1.807) is 11.3 Å². The van der Waals surface area contributed by atoms with Gasteiger partial charge < -0.3 is 10.6 Å². The number of nitrogens with one attached hydrogen (secondary N) is 2. The first kappa shape index (κ1) is 14.2. The molecule has 116 valence electrons. The normalized spacial score (nSPS) is 27.2. The Morgan fingerprint density at radius 3 is 2.86 bits per heavy atom. The van der Waals surface area contributed by atoms with Crippen molar-refractivity contribution < 1.29 is 4.79 Å². The molecule has 4 rings (SSSR count). The molecule has 2 unspecified atom stereocenters. The summed E-state index contributed by atoms with van der Waals surface area (Å²) in [6.07, 6.45) is 5.47. The number of aromatic nitrogens is 1. The van der Waals surface area contributed by atoms with Crippen LogP contribution in [0.1, 0.15) is 37.7 Å². The fraction of sp³-hybridized carbons (Fsp3) is 0.529. The number of nitrogens with zero attached hydrogens (tertiary/aromatic N) is 1. The molecule has 3 heterocycles. The van der Waals surface area contributed by atoms with E-state index in [0.717, 1.165) is 33.8 Å². The Morgan fingerprint density at radius 1 is 1.36 bits per heavy atom. The average Bonchev–Trinajstić information content (AvgIpc) is 3.03. The number of anilines is 1. The lowest BCUT2D eigenvalue weighted by Crippen LogP contribution is -2.39. The Kier molecular flexibility index (Phi) is 3.62. The number of thiazole rings is 1. The smallest absolute Gasteiger partial charge is 0.226 e. The van der Waals surface area contributed by atoms with Gasteiger partial charge in [0.25, 0.3) is 0 Å². The predicted molar refractivity (Wildman–Crippen MR) is 90.3 cm³/mol. The number of aryl methyl sites for hydroxylation is 1. The van der Waals surface area contributed by atoms with E-state index in [-0.39, 0.29) is 5.91 Å². The lowest BCUT2D eigenvalue weighted by Gasteiger charge is -2.28. The van der Waals surface area contributed by atoms with Crippen molar-refractivity contribution in [3.05, 3.63) is 23.8 Å². The molecule has 2 N–H and O–H groups in total. The van der Waals surface area contributed by atoms with Crippen LogP contribution in [0.5, 0.6) is 0 Å².